The van der Waals surface area contributed by atoms with Crippen molar-refractivity contribution in [2.24, 2.45) is 5.92 Å². The van der Waals surface area contributed by atoms with Gasteiger partial charge < -0.3 is 20.6 Å². The van der Waals surface area contributed by atoms with Crippen molar-refractivity contribution in [1.82, 2.24) is 10.2 Å². The summed E-state index contributed by atoms with van der Waals surface area (Å²) in [5.41, 5.74) is 1.23. The number of nitrogens with zero attached hydrogens (tertiary/aromatic N) is 1. The third-order valence-corrected chi connectivity index (χ3v) is 5.46. The highest BCUT2D eigenvalue weighted by Crippen LogP contribution is 2.34. The van der Waals surface area contributed by atoms with Gasteiger partial charge in [-0.2, -0.15) is 0 Å². The number of amides is 3. The molecule has 1 heterocycles. The first kappa shape index (κ1) is 17.7. The molecule has 3 atom stereocenters. The summed E-state index contributed by atoms with van der Waals surface area (Å²) in [6.07, 6.45) is 5.71. The largest absolute Gasteiger partial charge is 0.393 e. The molecule has 3 amide bonds. The van der Waals surface area contributed by atoms with Crippen LogP contribution in [0.15, 0.2) is 24.3 Å². The Kier molecular flexibility index (Phi) is 5.58. The fraction of sp³-hybridized carbons (Fsp3) is 0.579. The highest BCUT2D eigenvalue weighted by Gasteiger charge is 2.39. The molecular formula is C19H27N3O3. The van der Waals surface area contributed by atoms with Crippen LogP contribution in [-0.2, 0) is 0 Å². The van der Waals surface area contributed by atoms with E-state index in [1.165, 1.54) is 0 Å². The average molecular weight is 345 g/mol. The summed E-state index contributed by atoms with van der Waals surface area (Å²) in [5, 5.41) is 15.8. The molecule has 0 aromatic heterocycles. The highest BCUT2D eigenvalue weighted by molar-refractivity contribution is 5.95. The summed E-state index contributed by atoms with van der Waals surface area (Å²) < 4.78 is 0. The van der Waals surface area contributed by atoms with E-state index in [-0.39, 0.29) is 30.0 Å². The molecule has 0 unspecified atom stereocenters. The van der Waals surface area contributed by atoms with Gasteiger partial charge in [0, 0.05) is 36.8 Å². The van der Waals surface area contributed by atoms with Crippen molar-refractivity contribution < 1.29 is 14.7 Å². The number of anilines is 1. The van der Waals surface area contributed by atoms with Crippen LogP contribution in [0.25, 0.3) is 0 Å². The summed E-state index contributed by atoms with van der Waals surface area (Å²) >= 11 is 0. The van der Waals surface area contributed by atoms with Crippen LogP contribution in [0.1, 0.15) is 48.9 Å². The molecule has 0 radical (unpaired) electrons. The van der Waals surface area contributed by atoms with Crippen LogP contribution in [0.2, 0.25) is 0 Å². The maximum Gasteiger partial charge on any atom is 0.322 e. The Morgan fingerprint density at radius 3 is 2.48 bits per heavy atom. The lowest BCUT2D eigenvalue weighted by Crippen LogP contribution is -2.46. The van der Waals surface area contributed by atoms with E-state index in [4.69, 9.17) is 0 Å². The van der Waals surface area contributed by atoms with Crippen LogP contribution in [0.3, 0.4) is 0 Å². The molecule has 1 saturated heterocycles. The van der Waals surface area contributed by atoms with Gasteiger partial charge in [-0.1, -0.05) is 12.8 Å². The standard InChI is InChI=1S/C19H27N3O3/c1-20-18(24)13-8-10-14(11-9-13)21-19(25)22-12-4-6-16(22)15-5-2-3-7-17(15)23/h8-11,15-17,23H,2-7,12H2,1H3,(H,20,24)(H,21,25)/t15-,16+,17-/m0/s1. The first-order chi connectivity index (χ1) is 12.1. The Balaban J connectivity index is 1.64. The van der Waals surface area contributed by atoms with Crippen molar-refractivity contribution in [2.45, 2.75) is 50.7 Å². The maximum atomic E-state index is 12.7. The minimum absolute atomic E-state index is 0.118. The molecule has 1 aromatic rings. The van der Waals surface area contributed by atoms with E-state index >= 15 is 0 Å². The van der Waals surface area contributed by atoms with Crippen molar-refractivity contribution in [2.75, 3.05) is 18.9 Å². The van der Waals surface area contributed by atoms with Crippen molar-refractivity contribution in [3.05, 3.63) is 29.8 Å². The van der Waals surface area contributed by atoms with Crippen LogP contribution in [0, 0.1) is 5.92 Å². The zero-order valence-electron chi connectivity index (χ0n) is 14.7. The van der Waals surface area contributed by atoms with Gasteiger partial charge >= 0.3 is 6.03 Å². The molecule has 3 rings (SSSR count). The minimum Gasteiger partial charge on any atom is -0.393 e. The summed E-state index contributed by atoms with van der Waals surface area (Å²) in [4.78, 5) is 26.2. The fourth-order valence-electron chi connectivity index (χ4n) is 4.12. The second-order valence-corrected chi connectivity index (χ2v) is 7.01. The van der Waals surface area contributed by atoms with Crippen LogP contribution in [-0.4, -0.2) is 47.7 Å². The van der Waals surface area contributed by atoms with Gasteiger partial charge in [-0.25, -0.2) is 4.79 Å². The van der Waals surface area contributed by atoms with Crippen molar-refractivity contribution in [3.63, 3.8) is 0 Å². The van der Waals surface area contributed by atoms with Crippen LogP contribution in [0.4, 0.5) is 10.5 Å². The molecule has 1 saturated carbocycles. The summed E-state index contributed by atoms with van der Waals surface area (Å²) in [5.74, 6) is 0.0430. The molecule has 1 aliphatic carbocycles. The monoisotopic (exact) mass is 345 g/mol. The molecule has 25 heavy (non-hydrogen) atoms. The zero-order valence-corrected chi connectivity index (χ0v) is 14.7. The average Bonchev–Trinajstić information content (AvgIpc) is 3.11. The number of urea groups is 1. The van der Waals surface area contributed by atoms with Crippen LogP contribution in [0.5, 0.6) is 0 Å². The molecule has 136 valence electrons. The number of hydrogen-bond acceptors (Lipinski definition) is 3. The molecular weight excluding hydrogens is 318 g/mol. The van der Waals surface area contributed by atoms with E-state index < -0.39 is 0 Å². The number of hydrogen-bond donors (Lipinski definition) is 3. The number of benzene rings is 1. The predicted molar refractivity (Wildman–Crippen MR) is 96.5 cm³/mol. The SMILES string of the molecule is CNC(=O)c1ccc(NC(=O)N2CCC[C@@H]2[C@@H]2CCCC[C@@H]2O)cc1. The summed E-state index contributed by atoms with van der Waals surface area (Å²) in [7, 11) is 1.59. The van der Waals surface area contributed by atoms with Gasteiger partial charge in [0.25, 0.3) is 5.91 Å². The maximum absolute atomic E-state index is 12.7. The van der Waals surface area contributed by atoms with Gasteiger partial charge in [0.15, 0.2) is 0 Å². The lowest BCUT2D eigenvalue weighted by atomic mass is 9.80. The topological polar surface area (TPSA) is 81.7 Å². The number of aliphatic hydroxyl groups is 1. The molecule has 1 aliphatic heterocycles. The summed E-state index contributed by atoms with van der Waals surface area (Å²) in [6.45, 7) is 0.732. The Morgan fingerprint density at radius 1 is 1.08 bits per heavy atom. The van der Waals surface area contributed by atoms with Crippen molar-refractivity contribution in [3.8, 4) is 0 Å². The van der Waals surface area contributed by atoms with Gasteiger partial charge in [-0.05, 0) is 49.9 Å². The number of carbonyl (C=O) groups is 2. The Morgan fingerprint density at radius 2 is 1.80 bits per heavy atom. The molecule has 0 bridgehead atoms. The lowest BCUT2D eigenvalue weighted by molar-refractivity contribution is 0.0320. The van der Waals surface area contributed by atoms with Crippen molar-refractivity contribution in [1.29, 1.82) is 0 Å². The molecule has 2 aliphatic rings. The quantitative estimate of drug-likeness (QED) is 0.787. The van der Waals surface area contributed by atoms with Gasteiger partial charge in [0.05, 0.1) is 6.10 Å². The fourth-order valence-corrected chi connectivity index (χ4v) is 4.12. The third kappa shape index (κ3) is 3.95. The Labute approximate surface area is 148 Å². The first-order valence-electron chi connectivity index (χ1n) is 9.18. The van der Waals surface area contributed by atoms with Crippen LogP contribution < -0.4 is 10.6 Å². The van der Waals surface area contributed by atoms with E-state index in [1.54, 1.807) is 31.3 Å². The van der Waals surface area contributed by atoms with Gasteiger partial charge in [0.2, 0.25) is 0 Å². The zero-order chi connectivity index (χ0) is 17.8. The molecule has 2 fully saturated rings. The number of carbonyl (C=O) groups excluding carboxylic acids is 2. The highest BCUT2D eigenvalue weighted by atomic mass is 16.3. The van der Waals surface area contributed by atoms with E-state index in [1.807, 2.05) is 4.90 Å². The number of aliphatic hydroxyl groups excluding tert-OH is 1. The molecule has 6 heteroatoms. The number of likely N-dealkylation sites (tertiary alicyclic amines) is 1. The summed E-state index contributed by atoms with van der Waals surface area (Å²) in [6, 6.07) is 6.88. The normalized spacial score (nSPS) is 26.3. The molecule has 6 nitrogen and oxygen atoms in total. The van der Waals surface area contributed by atoms with Gasteiger partial charge in [0.1, 0.15) is 0 Å². The Bertz CT molecular complexity index is 617. The molecule has 3 N–H and O–H groups in total. The second kappa shape index (κ2) is 7.87. The minimum atomic E-state index is -0.293. The molecule has 0 spiro atoms. The number of rotatable bonds is 3. The predicted octanol–water partition coefficient (Wildman–Crippen LogP) is 2.59. The lowest BCUT2D eigenvalue weighted by Gasteiger charge is -2.37. The van der Waals surface area contributed by atoms with E-state index in [2.05, 4.69) is 10.6 Å². The smallest absolute Gasteiger partial charge is 0.322 e. The third-order valence-electron chi connectivity index (χ3n) is 5.46. The van der Waals surface area contributed by atoms with Gasteiger partial charge in [-0.3, -0.25) is 4.79 Å². The second-order valence-electron chi connectivity index (χ2n) is 7.01. The van der Waals surface area contributed by atoms with Crippen molar-refractivity contribution >= 4 is 17.6 Å². The Hall–Kier alpha value is -2.08. The number of nitrogens with one attached hydrogen (secondary N) is 2. The first-order valence-corrected chi connectivity index (χ1v) is 9.18. The van der Waals surface area contributed by atoms with E-state index in [0.717, 1.165) is 45.1 Å². The van der Waals surface area contributed by atoms with Crippen LogP contribution >= 0.6 is 0 Å². The van der Waals surface area contributed by atoms with Gasteiger partial charge in [-0.15, -0.1) is 0 Å². The molecule has 1 aromatic carbocycles. The van der Waals surface area contributed by atoms with E-state index in [9.17, 15) is 14.7 Å². The van der Waals surface area contributed by atoms with E-state index in [0.29, 0.717) is 11.3 Å².